The van der Waals surface area contributed by atoms with E-state index in [1.165, 1.54) is 25.7 Å². The number of nitriles is 1. The minimum atomic E-state index is -0.0145. The molecular weight excluding hydrogens is 316 g/mol. The molecule has 4 heteroatoms. The topological polar surface area (TPSA) is 52.9 Å². The monoisotopic (exact) mass is 336 g/mol. The molecule has 0 radical (unpaired) electrons. The number of amides is 1. The van der Waals surface area contributed by atoms with Gasteiger partial charge in [-0.05, 0) is 24.6 Å². The fourth-order valence-corrected chi connectivity index (χ4v) is 2.36. The van der Waals surface area contributed by atoms with Crippen molar-refractivity contribution in [3.63, 3.8) is 0 Å². The van der Waals surface area contributed by atoms with Crippen LogP contribution >= 0.6 is 15.9 Å². The van der Waals surface area contributed by atoms with E-state index in [0.29, 0.717) is 17.7 Å². The van der Waals surface area contributed by atoms with Crippen LogP contribution in [0.4, 0.5) is 5.69 Å². The van der Waals surface area contributed by atoms with Crippen molar-refractivity contribution in [3.8, 4) is 6.07 Å². The molecule has 0 saturated carbocycles. The van der Waals surface area contributed by atoms with Crippen LogP contribution in [0.1, 0.15) is 57.4 Å². The molecule has 0 aliphatic heterocycles. The van der Waals surface area contributed by atoms with E-state index in [1.807, 2.05) is 6.07 Å². The maximum Gasteiger partial charge on any atom is 0.224 e. The normalized spacial score (nSPS) is 10.1. The van der Waals surface area contributed by atoms with Crippen LogP contribution in [0.2, 0.25) is 0 Å². The molecule has 0 unspecified atom stereocenters. The summed E-state index contributed by atoms with van der Waals surface area (Å²) in [6.07, 6.45) is 7.49. The van der Waals surface area contributed by atoms with Crippen LogP contribution in [0.25, 0.3) is 0 Å². The fourth-order valence-electron chi connectivity index (χ4n) is 2.00. The number of rotatable bonds is 8. The minimum absolute atomic E-state index is 0.0145. The van der Waals surface area contributed by atoms with Crippen molar-refractivity contribution in [3.05, 3.63) is 28.2 Å². The van der Waals surface area contributed by atoms with Gasteiger partial charge in [0.25, 0.3) is 0 Å². The molecule has 1 rings (SSSR count). The number of carbonyl (C=O) groups excluding carboxylic acids is 1. The van der Waals surface area contributed by atoms with Crippen molar-refractivity contribution in [2.24, 2.45) is 0 Å². The first-order chi connectivity index (χ1) is 9.67. The van der Waals surface area contributed by atoms with Crippen LogP contribution in [0.15, 0.2) is 22.7 Å². The summed E-state index contributed by atoms with van der Waals surface area (Å²) in [6.45, 7) is 2.19. The maximum atomic E-state index is 11.8. The average Bonchev–Trinajstić information content (AvgIpc) is 2.44. The van der Waals surface area contributed by atoms with Crippen molar-refractivity contribution in [1.29, 1.82) is 5.26 Å². The number of hydrogen-bond acceptors (Lipinski definition) is 2. The molecule has 0 aliphatic carbocycles. The lowest BCUT2D eigenvalue weighted by Gasteiger charge is -2.07. The number of halogens is 1. The molecule has 0 aliphatic rings. The fraction of sp³-hybridized carbons (Fsp3) is 0.500. The lowest BCUT2D eigenvalue weighted by atomic mass is 10.1. The molecule has 108 valence electrons. The predicted molar refractivity (Wildman–Crippen MR) is 85.5 cm³/mol. The SMILES string of the molecule is CCCCCCCCC(=O)Nc1ccc(Br)cc1C#N. The van der Waals surface area contributed by atoms with Crippen LogP contribution < -0.4 is 5.32 Å². The summed E-state index contributed by atoms with van der Waals surface area (Å²) < 4.78 is 0.836. The van der Waals surface area contributed by atoms with Gasteiger partial charge in [0.15, 0.2) is 0 Å². The zero-order valence-corrected chi connectivity index (χ0v) is 13.5. The van der Waals surface area contributed by atoms with Gasteiger partial charge in [0, 0.05) is 10.9 Å². The first-order valence-corrected chi connectivity index (χ1v) is 7.96. The average molecular weight is 337 g/mol. The third-order valence-electron chi connectivity index (χ3n) is 3.13. The van der Waals surface area contributed by atoms with Gasteiger partial charge in [0.2, 0.25) is 5.91 Å². The van der Waals surface area contributed by atoms with Crippen LogP contribution in [-0.2, 0) is 4.79 Å². The molecule has 0 spiro atoms. The molecule has 0 bridgehead atoms. The molecule has 1 aromatic carbocycles. The highest BCUT2D eigenvalue weighted by molar-refractivity contribution is 9.10. The number of benzene rings is 1. The van der Waals surface area contributed by atoms with E-state index in [9.17, 15) is 4.79 Å². The Bertz CT molecular complexity index is 480. The van der Waals surface area contributed by atoms with Crippen molar-refractivity contribution in [1.82, 2.24) is 0 Å². The Kier molecular flexibility index (Phi) is 7.98. The Labute approximate surface area is 129 Å². The van der Waals surface area contributed by atoms with E-state index in [0.717, 1.165) is 17.3 Å². The lowest BCUT2D eigenvalue weighted by molar-refractivity contribution is -0.116. The van der Waals surface area contributed by atoms with Crippen LogP contribution in [0, 0.1) is 11.3 Å². The van der Waals surface area contributed by atoms with E-state index < -0.39 is 0 Å². The molecule has 0 fully saturated rings. The van der Waals surface area contributed by atoms with Gasteiger partial charge in [0.1, 0.15) is 6.07 Å². The van der Waals surface area contributed by atoms with Gasteiger partial charge in [-0.3, -0.25) is 4.79 Å². The van der Waals surface area contributed by atoms with Gasteiger partial charge in [-0.15, -0.1) is 0 Å². The molecular formula is C16H21BrN2O. The Morgan fingerprint density at radius 3 is 2.65 bits per heavy atom. The number of hydrogen-bond donors (Lipinski definition) is 1. The summed E-state index contributed by atoms with van der Waals surface area (Å²) >= 11 is 3.31. The Morgan fingerprint density at radius 2 is 1.95 bits per heavy atom. The summed E-state index contributed by atoms with van der Waals surface area (Å²) in [6, 6.07) is 7.37. The molecule has 0 aromatic heterocycles. The van der Waals surface area contributed by atoms with Crippen molar-refractivity contribution >= 4 is 27.5 Å². The zero-order chi connectivity index (χ0) is 14.8. The molecule has 0 heterocycles. The molecule has 1 aromatic rings. The lowest BCUT2D eigenvalue weighted by Crippen LogP contribution is -2.12. The molecule has 1 amide bonds. The summed E-state index contributed by atoms with van der Waals surface area (Å²) in [7, 11) is 0. The van der Waals surface area contributed by atoms with E-state index in [2.05, 4.69) is 34.2 Å². The number of unbranched alkanes of at least 4 members (excludes halogenated alkanes) is 5. The third kappa shape index (κ3) is 6.21. The number of nitrogens with zero attached hydrogens (tertiary/aromatic N) is 1. The quantitative estimate of drug-likeness (QED) is 0.678. The van der Waals surface area contributed by atoms with E-state index in [4.69, 9.17) is 5.26 Å². The second-order valence-electron chi connectivity index (χ2n) is 4.87. The Balaban J connectivity index is 2.34. The van der Waals surface area contributed by atoms with E-state index >= 15 is 0 Å². The van der Waals surface area contributed by atoms with Crippen molar-refractivity contribution < 1.29 is 4.79 Å². The summed E-state index contributed by atoms with van der Waals surface area (Å²) in [5.74, 6) is -0.0145. The number of anilines is 1. The summed E-state index contributed by atoms with van der Waals surface area (Å²) in [5, 5.41) is 11.8. The predicted octanol–water partition coefficient (Wildman–Crippen LogP) is 5.01. The van der Waals surface area contributed by atoms with E-state index in [1.54, 1.807) is 12.1 Å². The Morgan fingerprint density at radius 1 is 1.25 bits per heavy atom. The van der Waals surface area contributed by atoms with Gasteiger partial charge >= 0.3 is 0 Å². The highest BCUT2D eigenvalue weighted by Crippen LogP contribution is 2.20. The van der Waals surface area contributed by atoms with Crippen LogP contribution in [0.5, 0.6) is 0 Å². The van der Waals surface area contributed by atoms with E-state index in [-0.39, 0.29) is 5.91 Å². The highest BCUT2D eigenvalue weighted by Gasteiger charge is 2.07. The molecule has 0 saturated heterocycles. The molecule has 20 heavy (non-hydrogen) atoms. The number of nitrogens with one attached hydrogen (secondary N) is 1. The smallest absolute Gasteiger partial charge is 0.224 e. The summed E-state index contributed by atoms with van der Waals surface area (Å²) in [5.41, 5.74) is 1.07. The van der Waals surface area contributed by atoms with Crippen LogP contribution in [0.3, 0.4) is 0 Å². The Hall–Kier alpha value is -1.34. The van der Waals surface area contributed by atoms with Crippen LogP contribution in [-0.4, -0.2) is 5.91 Å². The van der Waals surface area contributed by atoms with Gasteiger partial charge in [0.05, 0.1) is 11.3 Å². The molecule has 0 atom stereocenters. The number of carbonyl (C=O) groups is 1. The van der Waals surface area contributed by atoms with Gasteiger partial charge in [-0.25, -0.2) is 0 Å². The minimum Gasteiger partial charge on any atom is -0.325 e. The zero-order valence-electron chi connectivity index (χ0n) is 11.9. The first-order valence-electron chi connectivity index (χ1n) is 7.17. The largest absolute Gasteiger partial charge is 0.325 e. The second kappa shape index (κ2) is 9.55. The maximum absolute atomic E-state index is 11.8. The first kappa shape index (κ1) is 16.7. The third-order valence-corrected chi connectivity index (χ3v) is 3.63. The highest BCUT2D eigenvalue weighted by atomic mass is 79.9. The molecule has 3 nitrogen and oxygen atoms in total. The second-order valence-corrected chi connectivity index (χ2v) is 5.78. The van der Waals surface area contributed by atoms with Crippen molar-refractivity contribution in [2.45, 2.75) is 51.9 Å². The standard InChI is InChI=1S/C16H21BrN2O/c1-2-3-4-5-6-7-8-16(20)19-15-10-9-14(17)11-13(15)12-18/h9-11H,2-8H2,1H3,(H,19,20). The van der Waals surface area contributed by atoms with Gasteiger partial charge in [-0.1, -0.05) is 55.0 Å². The molecule has 1 N–H and O–H groups in total. The van der Waals surface area contributed by atoms with Crippen molar-refractivity contribution in [2.75, 3.05) is 5.32 Å². The summed E-state index contributed by atoms with van der Waals surface area (Å²) in [4.78, 5) is 11.8. The van der Waals surface area contributed by atoms with Gasteiger partial charge in [-0.2, -0.15) is 5.26 Å². The van der Waals surface area contributed by atoms with Gasteiger partial charge < -0.3 is 5.32 Å².